The number of phenolic OH excluding ortho intramolecular Hbond substituents is 2. The highest BCUT2D eigenvalue weighted by atomic mass is 32.1. The van der Waals surface area contributed by atoms with Gasteiger partial charge in [0.05, 0.1) is 19.0 Å². The van der Waals surface area contributed by atoms with Crippen LogP contribution in [0.25, 0.3) is 11.5 Å². The van der Waals surface area contributed by atoms with Crippen LogP contribution in [0.5, 0.6) is 11.5 Å². The van der Waals surface area contributed by atoms with Crippen LogP contribution < -0.4 is 4.80 Å². The molecule has 24 heavy (non-hydrogen) atoms. The third kappa shape index (κ3) is 3.31. The van der Waals surface area contributed by atoms with Crippen LogP contribution in [0.3, 0.4) is 0 Å². The number of thiazole rings is 1. The third-order valence-electron chi connectivity index (χ3n) is 3.14. The topological polar surface area (TPSA) is 83.2 Å². The van der Waals surface area contributed by atoms with E-state index in [1.807, 2.05) is 11.4 Å². The Morgan fingerprint density at radius 3 is 2.88 bits per heavy atom. The van der Waals surface area contributed by atoms with Gasteiger partial charge in [-0.3, -0.25) is 4.99 Å². The maximum atomic E-state index is 9.87. The fourth-order valence-corrected chi connectivity index (χ4v) is 2.85. The van der Waals surface area contributed by atoms with Gasteiger partial charge in [0.25, 0.3) is 0 Å². The van der Waals surface area contributed by atoms with Gasteiger partial charge < -0.3 is 14.6 Å². The molecule has 3 aromatic rings. The molecule has 0 fully saturated rings. The summed E-state index contributed by atoms with van der Waals surface area (Å²) < 4.78 is 7.08. The standard InChI is InChI=1S/C17H15N3O3S/c1-2-7-18-17-20(14(11-24-17)16-4-3-8-23-16)19-10-12-5-6-13(21)9-15(12)22/h2-6,8-11,21-22H,1,7H2. The fourth-order valence-electron chi connectivity index (χ4n) is 2.02. The molecule has 1 aromatic carbocycles. The molecule has 0 unspecified atom stereocenters. The second kappa shape index (κ2) is 7.01. The van der Waals surface area contributed by atoms with Crippen molar-refractivity contribution in [1.82, 2.24) is 4.68 Å². The summed E-state index contributed by atoms with van der Waals surface area (Å²) in [6, 6.07) is 7.96. The lowest BCUT2D eigenvalue weighted by molar-refractivity contribution is 0.450. The van der Waals surface area contributed by atoms with Gasteiger partial charge in [0.2, 0.25) is 4.80 Å². The SMILES string of the molecule is C=CCN=c1scc(-c2ccco2)n1N=Cc1ccc(O)cc1O. The van der Waals surface area contributed by atoms with E-state index in [0.29, 0.717) is 22.7 Å². The Morgan fingerprint density at radius 1 is 1.29 bits per heavy atom. The monoisotopic (exact) mass is 341 g/mol. The molecule has 0 amide bonds. The van der Waals surface area contributed by atoms with E-state index in [-0.39, 0.29) is 11.5 Å². The Morgan fingerprint density at radius 2 is 2.17 bits per heavy atom. The van der Waals surface area contributed by atoms with Crippen molar-refractivity contribution in [2.24, 2.45) is 10.1 Å². The van der Waals surface area contributed by atoms with Crippen LogP contribution in [0.15, 0.2) is 69.1 Å². The number of rotatable bonds is 5. The Balaban J connectivity index is 2.06. The zero-order valence-electron chi connectivity index (χ0n) is 12.7. The molecular weight excluding hydrogens is 326 g/mol. The van der Waals surface area contributed by atoms with Gasteiger partial charge in [-0.05, 0) is 24.3 Å². The van der Waals surface area contributed by atoms with Crippen molar-refractivity contribution >= 4 is 17.6 Å². The summed E-state index contributed by atoms with van der Waals surface area (Å²) in [5.74, 6) is 0.600. The molecule has 0 aliphatic carbocycles. The van der Waals surface area contributed by atoms with E-state index in [1.165, 1.54) is 29.7 Å². The van der Waals surface area contributed by atoms with Gasteiger partial charge in [0.1, 0.15) is 17.2 Å². The highest BCUT2D eigenvalue weighted by Crippen LogP contribution is 2.22. The summed E-state index contributed by atoms with van der Waals surface area (Å²) in [5.41, 5.74) is 1.23. The second-order valence-electron chi connectivity index (χ2n) is 4.81. The van der Waals surface area contributed by atoms with Gasteiger partial charge in [-0.1, -0.05) is 6.08 Å². The average Bonchev–Trinajstić information content (AvgIpc) is 3.21. The van der Waals surface area contributed by atoms with E-state index >= 15 is 0 Å². The minimum absolute atomic E-state index is 0.00853. The highest BCUT2D eigenvalue weighted by Gasteiger charge is 2.09. The molecule has 0 radical (unpaired) electrons. The Bertz CT molecular complexity index is 936. The van der Waals surface area contributed by atoms with Gasteiger partial charge in [0, 0.05) is 17.0 Å². The Labute approximate surface area is 142 Å². The normalized spacial score (nSPS) is 12.1. The minimum atomic E-state index is -0.0568. The van der Waals surface area contributed by atoms with Gasteiger partial charge in [0.15, 0.2) is 5.76 Å². The van der Waals surface area contributed by atoms with E-state index in [9.17, 15) is 10.2 Å². The molecule has 0 atom stereocenters. The van der Waals surface area contributed by atoms with Crippen LogP contribution in [0, 0.1) is 0 Å². The maximum absolute atomic E-state index is 9.87. The van der Waals surface area contributed by atoms with E-state index in [0.717, 1.165) is 5.69 Å². The summed E-state index contributed by atoms with van der Waals surface area (Å²) >= 11 is 1.43. The predicted molar refractivity (Wildman–Crippen MR) is 93.4 cm³/mol. The average molecular weight is 341 g/mol. The lowest BCUT2D eigenvalue weighted by atomic mass is 10.2. The molecular formula is C17H15N3O3S. The first-order valence-corrected chi connectivity index (χ1v) is 7.99. The maximum Gasteiger partial charge on any atom is 0.206 e. The summed E-state index contributed by atoms with van der Waals surface area (Å²) in [7, 11) is 0. The number of furan rings is 1. The van der Waals surface area contributed by atoms with Crippen LogP contribution in [0.4, 0.5) is 0 Å². The van der Waals surface area contributed by atoms with Gasteiger partial charge in [-0.15, -0.1) is 17.9 Å². The molecule has 0 saturated carbocycles. The lowest BCUT2D eigenvalue weighted by Gasteiger charge is -2.02. The van der Waals surface area contributed by atoms with Crippen LogP contribution in [-0.4, -0.2) is 27.6 Å². The number of aromatic nitrogens is 1. The minimum Gasteiger partial charge on any atom is -0.508 e. The molecule has 2 N–H and O–H groups in total. The van der Waals surface area contributed by atoms with Crippen molar-refractivity contribution in [3.63, 3.8) is 0 Å². The molecule has 2 aromatic heterocycles. The first-order valence-electron chi connectivity index (χ1n) is 7.11. The lowest BCUT2D eigenvalue weighted by Crippen LogP contribution is -2.12. The first kappa shape index (κ1) is 15.8. The van der Waals surface area contributed by atoms with Crippen molar-refractivity contribution in [1.29, 1.82) is 0 Å². The number of aromatic hydroxyl groups is 2. The van der Waals surface area contributed by atoms with E-state index < -0.39 is 0 Å². The van der Waals surface area contributed by atoms with Crippen LogP contribution in [-0.2, 0) is 0 Å². The van der Waals surface area contributed by atoms with Crippen LogP contribution in [0.2, 0.25) is 0 Å². The highest BCUT2D eigenvalue weighted by molar-refractivity contribution is 7.07. The van der Waals surface area contributed by atoms with Crippen molar-refractivity contribution < 1.29 is 14.6 Å². The molecule has 122 valence electrons. The molecule has 2 heterocycles. The van der Waals surface area contributed by atoms with Crippen molar-refractivity contribution in [3.05, 3.63) is 65.0 Å². The number of phenols is 2. The molecule has 3 rings (SSSR count). The van der Waals surface area contributed by atoms with Crippen LogP contribution >= 0.6 is 11.3 Å². The number of benzene rings is 1. The van der Waals surface area contributed by atoms with Crippen molar-refractivity contribution in [2.75, 3.05) is 6.54 Å². The van der Waals surface area contributed by atoms with Crippen LogP contribution in [0.1, 0.15) is 5.56 Å². The zero-order valence-corrected chi connectivity index (χ0v) is 13.5. The molecule has 0 saturated heterocycles. The van der Waals surface area contributed by atoms with Gasteiger partial charge >= 0.3 is 0 Å². The largest absolute Gasteiger partial charge is 0.508 e. The fraction of sp³-hybridized carbons (Fsp3) is 0.0588. The third-order valence-corrected chi connectivity index (χ3v) is 3.99. The summed E-state index contributed by atoms with van der Waals surface area (Å²) in [6.07, 6.45) is 4.79. The number of hydrogen-bond acceptors (Lipinski definition) is 6. The van der Waals surface area contributed by atoms with E-state index in [2.05, 4.69) is 16.7 Å². The number of hydrogen-bond donors (Lipinski definition) is 2. The molecule has 6 nitrogen and oxygen atoms in total. The van der Waals surface area contributed by atoms with Gasteiger partial charge in [-0.25, -0.2) is 4.68 Å². The molecule has 0 spiro atoms. The smallest absolute Gasteiger partial charge is 0.206 e. The van der Waals surface area contributed by atoms with E-state index in [4.69, 9.17) is 4.42 Å². The summed E-state index contributed by atoms with van der Waals surface area (Å²) in [6.45, 7) is 4.13. The summed E-state index contributed by atoms with van der Waals surface area (Å²) in [4.78, 5) is 5.09. The Hall–Kier alpha value is -3.06. The first-order chi connectivity index (χ1) is 11.7. The predicted octanol–water partition coefficient (Wildman–Crippen LogP) is 3.19. The van der Waals surface area contributed by atoms with Crippen molar-refractivity contribution in [2.45, 2.75) is 0 Å². The number of nitrogens with zero attached hydrogens (tertiary/aromatic N) is 3. The summed E-state index contributed by atoms with van der Waals surface area (Å²) in [5, 5.41) is 25.5. The molecule has 0 bridgehead atoms. The Kier molecular flexibility index (Phi) is 4.62. The zero-order chi connectivity index (χ0) is 16.9. The van der Waals surface area contributed by atoms with Gasteiger partial charge in [-0.2, -0.15) is 5.10 Å². The molecule has 0 aliphatic rings. The molecule has 0 aliphatic heterocycles. The second-order valence-corrected chi connectivity index (χ2v) is 5.65. The quantitative estimate of drug-likeness (QED) is 0.552. The molecule has 7 heteroatoms. The van der Waals surface area contributed by atoms with E-state index in [1.54, 1.807) is 29.1 Å². The van der Waals surface area contributed by atoms with Crippen molar-refractivity contribution in [3.8, 4) is 23.0 Å².